The molecule has 2 nitrogen and oxygen atoms in total. The summed E-state index contributed by atoms with van der Waals surface area (Å²) < 4.78 is 0. The zero-order valence-corrected chi connectivity index (χ0v) is 9.22. The van der Waals surface area contributed by atoms with Crippen molar-refractivity contribution in [1.29, 1.82) is 0 Å². The van der Waals surface area contributed by atoms with Crippen molar-refractivity contribution in [2.45, 2.75) is 13.0 Å². The van der Waals surface area contributed by atoms with Crippen molar-refractivity contribution in [2.24, 2.45) is 0 Å². The molecular weight excluding hydrogens is 198 g/mol. The monoisotopic (exact) mass is 213 g/mol. The average Bonchev–Trinajstić information content (AvgIpc) is 2.31. The molecule has 0 aliphatic rings. The van der Waals surface area contributed by atoms with Gasteiger partial charge in [0.2, 0.25) is 0 Å². The first kappa shape index (κ1) is 10.6. The van der Waals surface area contributed by atoms with Gasteiger partial charge in [-0.05, 0) is 25.1 Å². The van der Waals surface area contributed by atoms with Gasteiger partial charge < -0.3 is 10.4 Å². The molecule has 0 saturated carbocycles. The molecule has 0 amide bonds. The Bertz CT molecular complexity index is 453. The van der Waals surface area contributed by atoms with Gasteiger partial charge in [-0.2, -0.15) is 0 Å². The molecule has 2 aromatic rings. The fraction of sp³-hybridized carbons (Fsp3) is 0.143. The molecule has 0 heterocycles. The minimum atomic E-state index is 0.0867. The maximum atomic E-state index is 9.72. The number of phenolic OH excluding ortho intramolecular Hbond substituents is 1. The molecule has 0 spiro atoms. The number of hydrogen-bond donors (Lipinski definition) is 2. The van der Waals surface area contributed by atoms with E-state index in [2.05, 4.69) is 5.32 Å². The first-order valence-electron chi connectivity index (χ1n) is 5.37. The molecule has 2 N–H and O–H groups in total. The van der Waals surface area contributed by atoms with Gasteiger partial charge in [0.05, 0.1) is 6.04 Å². The van der Waals surface area contributed by atoms with Crippen LogP contribution in [0.25, 0.3) is 0 Å². The Kier molecular flexibility index (Phi) is 3.10. The summed E-state index contributed by atoms with van der Waals surface area (Å²) >= 11 is 0. The standard InChI is InChI=1S/C14H15NO/c1-11(13-9-5-6-10-14(13)16)15-12-7-3-2-4-8-12/h2-11,15-16H,1H3. The van der Waals surface area contributed by atoms with Crippen LogP contribution in [0.1, 0.15) is 18.5 Å². The Morgan fingerprint density at radius 2 is 1.56 bits per heavy atom. The van der Waals surface area contributed by atoms with E-state index in [4.69, 9.17) is 0 Å². The molecule has 0 bridgehead atoms. The predicted octanol–water partition coefficient (Wildman–Crippen LogP) is 3.57. The topological polar surface area (TPSA) is 32.3 Å². The van der Waals surface area contributed by atoms with Crippen LogP contribution < -0.4 is 5.32 Å². The van der Waals surface area contributed by atoms with Gasteiger partial charge in [0.15, 0.2) is 0 Å². The lowest BCUT2D eigenvalue weighted by molar-refractivity contribution is 0.465. The lowest BCUT2D eigenvalue weighted by atomic mass is 10.1. The molecule has 0 aliphatic carbocycles. The third-order valence-corrected chi connectivity index (χ3v) is 2.56. The Labute approximate surface area is 95.6 Å². The van der Waals surface area contributed by atoms with E-state index >= 15 is 0 Å². The lowest BCUT2D eigenvalue weighted by Gasteiger charge is -2.16. The zero-order valence-electron chi connectivity index (χ0n) is 9.22. The Hall–Kier alpha value is -1.96. The minimum absolute atomic E-state index is 0.0867. The van der Waals surface area contributed by atoms with Crippen LogP contribution in [0.2, 0.25) is 0 Å². The van der Waals surface area contributed by atoms with E-state index in [-0.39, 0.29) is 6.04 Å². The van der Waals surface area contributed by atoms with E-state index in [0.717, 1.165) is 11.3 Å². The first-order valence-corrected chi connectivity index (χ1v) is 5.37. The third kappa shape index (κ3) is 2.34. The number of hydrogen-bond acceptors (Lipinski definition) is 2. The second kappa shape index (κ2) is 4.71. The highest BCUT2D eigenvalue weighted by molar-refractivity contribution is 5.47. The molecule has 0 saturated heterocycles. The number of para-hydroxylation sites is 2. The van der Waals surface area contributed by atoms with Crippen molar-refractivity contribution in [3.05, 3.63) is 60.2 Å². The summed E-state index contributed by atoms with van der Waals surface area (Å²) in [5, 5.41) is 13.1. The molecular formula is C14H15NO. The number of rotatable bonds is 3. The number of anilines is 1. The van der Waals surface area contributed by atoms with Crippen LogP contribution in [0.4, 0.5) is 5.69 Å². The van der Waals surface area contributed by atoms with Gasteiger partial charge in [0.25, 0.3) is 0 Å². The molecule has 2 heteroatoms. The van der Waals surface area contributed by atoms with Crippen LogP contribution in [0.3, 0.4) is 0 Å². The summed E-state index contributed by atoms with van der Waals surface area (Å²) in [6, 6.07) is 17.5. The van der Waals surface area contributed by atoms with E-state index < -0.39 is 0 Å². The molecule has 1 atom stereocenters. The Morgan fingerprint density at radius 1 is 0.938 bits per heavy atom. The number of nitrogens with one attached hydrogen (secondary N) is 1. The number of phenols is 1. The summed E-state index contributed by atoms with van der Waals surface area (Å²) in [7, 11) is 0. The summed E-state index contributed by atoms with van der Waals surface area (Å²) in [4.78, 5) is 0. The van der Waals surface area contributed by atoms with E-state index in [1.54, 1.807) is 6.07 Å². The largest absolute Gasteiger partial charge is 0.508 e. The van der Waals surface area contributed by atoms with Gasteiger partial charge in [0, 0.05) is 11.3 Å². The van der Waals surface area contributed by atoms with Gasteiger partial charge in [-0.15, -0.1) is 0 Å². The van der Waals surface area contributed by atoms with Crippen molar-refractivity contribution < 1.29 is 5.11 Å². The smallest absolute Gasteiger partial charge is 0.120 e. The predicted molar refractivity (Wildman–Crippen MR) is 66.6 cm³/mol. The molecule has 16 heavy (non-hydrogen) atoms. The minimum Gasteiger partial charge on any atom is -0.508 e. The van der Waals surface area contributed by atoms with Gasteiger partial charge in [-0.3, -0.25) is 0 Å². The molecule has 2 rings (SSSR count). The van der Waals surface area contributed by atoms with Crippen LogP contribution in [0, 0.1) is 0 Å². The van der Waals surface area contributed by atoms with E-state index in [9.17, 15) is 5.11 Å². The molecule has 2 aromatic carbocycles. The second-order valence-electron chi connectivity index (χ2n) is 3.79. The molecule has 0 aliphatic heterocycles. The van der Waals surface area contributed by atoms with Crippen molar-refractivity contribution in [3.8, 4) is 5.75 Å². The Balaban J connectivity index is 2.15. The van der Waals surface area contributed by atoms with Crippen molar-refractivity contribution in [2.75, 3.05) is 5.32 Å². The van der Waals surface area contributed by atoms with Crippen molar-refractivity contribution >= 4 is 5.69 Å². The van der Waals surface area contributed by atoms with Crippen LogP contribution in [-0.2, 0) is 0 Å². The highest BCUT2D eigenvalue weighted by Crippen LogP contribution is 2.26. The fourth-order valence-electron chi connectivity index (χ4n) is 1.72. The quantitative estimate of drug-likeness (QED) is 0.817. The van der Waals surface area contributed by atoms with Gasteiger partial charge in [-0.1, -0.05) is 36.4 Å². The number of aromatic hydroxyl groups is 1. The molecule has 1 unspecified atom stereocenters. The molecule has 0 radical (unpaired) electrons. The van der Waals surface area contributed by atoms with Gasteiger partial charge >= 0.3 is 0 Å². The highest BCUT2D eigenvalue weighted by Gasteiger charge is 2.08. The summed E-state index contributed by atoms with van der Waals surface area (Å²) in [6.45, 7) is 2.03. The first-order chi connectivity index (χ1) is 7.77. The van der Waals surface area contributed by atoms with Crippen LogP contribution in [-0.4, -0.2) is 5.11 Å². The van der Waals surface area contributed by atoms with E-state index in [0.29, 0.717) is 5.75 Å². The van der Waals surface area contributed by atoms with Crippen LogP contribution >= 0.6 is 0 Å². The molecule has 0 aromatic heterocycles. The second-order valence-corrected chi connectivity index (χ2v) is 3.79. The fourth-order valence-corrected chi connectivity index (χ4v) is 1.72. The third-order valence-electron chi connectivity index (χ3n) is 2.56. The van der Waals surface area contributed by atoms with Crippen molar-refractivity contribution in [1.82, 2.24) is 0 Å². The van der Waals surface area contributed by atoms with Crippen LogP contribution in [0.15, 0.2) is 54.6 Å². The SMILES string of the molecule is CC(Nc1ccccc1)c1ccccc1O. The zero-order chi connectivity index (χ0) is 11.4. The highest BCUT2D eigenvalue weighted by atomic mass is 16.3. The maximum absolute atomic E-state index is 9.72. The normalized spacial score (nSPS) is 12.1. The maximum Gasteiger partial charge on any atom is 0.120 e. The lowest BCUT2D eigenvalue weighted by Crippen LogP contribution is -2.06. The average molecular weight is 213 g/mol. The summed E-state index contributed by atoms with van der Waals surface area (Å²) in [6.07, 6.45) is 0. The summed E-state index contributed by atoms with van der Waals surface area (Å²) in [5.41, 5.74) is 1.96. The van der Waals surface area contributed by atoms with Crippen LogP contribution in [0.5, 0.6) is 5.75 Å². The summed E-state index contributed by atoms with van der Waals surface area (Å²) in [5.74, 6) is 0.332. The van der Waals surface area contributed by atoms with Gasteiger partial charge in [-0.25, -0.2) is 0 Å². The molecule has 82 valence electrons. The number of benzene rings is 2. The van der Waals surface area contributed by atoms with E-state index in [1.165, 1.54) is 0 Å². The Morgan fingerprint density at radius 3 is 2.25 bits per heavy atom. The molecule has 0 fully saturated rings. The van der Waals surface area contributed by atoms with E-state index in [1.807, 2.05) is 55.5 Å². The van der Waals surface area contributed by atoms with Crippen molar-refractivity contribution in [3.63, 3.8) is 0 Å². The van der Waals surface area contributed by atoms with Gasteiger partial charge in [0.1, 0.15) is 5.75 Å².